The van der Waals surface area contributed by atoms with Gasteiger partial charge in [0.2, 0.25) is 107 Å². The Balaban J connectivity index is 0.000000172. The van der Waals surface area contributed by atoms with Gasteiger partial charge in [-0.25, -0.2) is 0 Å². The summed E-state index contributed by atoms with van der Waals surface area (Å²) in [5.41, 5.74) is 35.3. The van der Waals surface area contributed by atoms with Crippen molar-refractivity contribution in [3.05, 3.63) is 143 Å². The first kappa shape index (κ1) is 76.7. The Kier molecular flexibility index (Phi) is 29.8. The first-order chi connectivity index (χ1) is 49.1. The summed E-state index contributed by atoms with van der Waals surface area (Å²) < 4.78 is 0. The Morgan fingerprint density at radius 3 is 0.814 bits per heavy atom. The number of nitrogen functional groups attached to an aromatic ring is 5. The molecule has 102 heavy (non-hydrogen) atoms. The number of nitrogens with zero attached hydrogens (tertiary/aromatic N) is 23. The molecule has 0 spiro atoms. The smallest absolute Gasteiger partial charge is 0.231 e. The van der Waals surface area contributed by atoms with Gasteiger partial charge < -0.3 is 95.7 Å². The number of nitrogens with one attached hydrogen (secondary N) is 8. The second-order valence-electron chi connectivity index (χ2n) is 23.2. The van der Waals surface area contributed by atoms with Gasteiger partial charge in [-0.3, -0.25) is 0 Å². The molecule has 6 heterocycles. The molecule has 540 valence electrons. The number of rotatable bonds is 25. The van der Waals surface area contributed by atoms with Crippen LogP contribution in [0.1, 0.15) is 38.5 Å². The largest absolute Gasteiger partial charge is 0.368 e. The molecule has 0 fully saturated rings. The van der Waals surface area contributed by atoms with E-state index in [9.17, 15) is 0 Å². The van der Waals surface area contributed by atoms with Crippen molar-refractivity contribution >= 4 is 107 Å². The second-order valence-corrected chi connectivity index (χ2v) is 23.2. The van der Waals surface area contributed by atoms with Crippen LogP contribution in [-0.2, 0) is 0 Å². The number of likely N-dealkylation sites (N-methyl/N-ethyl adjacent to an activating group) is 2. The van der Waals surface area contributed by atoms with Gasteiger partial charge in [0.05, 0.1) is 0 Å². The fraction of sp³-hybridized carbons (Fsp3) is 0.364. The number of nitrogens with two attached hydrogens (primary N) is 5. The molecule has 0 saturated carbocycles. The van der Waals surface area contributed by atoms with Crippen LogP contribution >= 0.6 is 0 Å². The van der Waals surface area contributed by atoms with Gasteiger partial charge in [-0.1, -0.05) is 109 Å². The van der Waals surface area contributed by atoms with Gasteiger partial charge in [0.1, 0.15) is 0 Å². The van der Waals surface area contributed by atoms with Crippen molar-refractivity contribution in [3.8, 4) is 0 Å². The van der Waals surface area contributed by atoms with Crippen molar-refractivity contribution in [1.29, 1.82) is 0 Å². The molecule has 6 aliphatic carbocycles. The van der Waals surface area contributed by atoms with E-state index in [0.29, 0.717) is 90.4 Å². The van der Waals surface area contributed by atoms with Crippen LogP contribution in [0.5, 0.6) is 0 Å². The van der Waals surface area contributed by atoms with Gasteiger partial charge >= 0.3 is 0 Å². The maximum atomic E-state index is 5.62. The fourth-order valence-corrected chi connectivity index (χ4v) is 9.20. The van der Waals surface area contributed by atoms with E-state index in [1.807, 2.05) is 76.0 Å². The normalized spacial score (nSPS) is 13.6. The van der Waals surface area contributed by atoms with Crippen molar-refractivity contribution in [3.63, 3.8) is 0 Å². The molecule has 6 aliphatic rings. The van der Waals surface area contributed by atoms with E-state index >= 15 is 0 Å². The highest BCUT2D eigenvalue weighted by Gasteiger charge is 2.15. The topological polar surface area (TPSA) is 475 Å². The number of aromatic nitrogens is 18. The average molecular weight is 1390 g/mol. The lowest BCUT2D eigenvalue weighted by Gasteiger charge is -2.17. The van der Waals surface area contributed by atoms with Crippen molar-refractivity contribution < 1.29 is 0 Å². The maximum absolute atomic E-state index is 5.62. The third-order valence-corrected chi connectivity index (χ3v) is 14.3. The van der Waals surface area contributed by atoms with E-state index in [-0.39, 0.29) is 29.7 Å². The molecule has 0 amide bonds. The van der Waals surface area contributed by atoms with Gasteiger partial charge in [0.15, 0.2) is 0 Å². The Morgan fingerprint density at radius 1 is 0.265 bits per heavy atom. The van der Waals surface area contributed by atoms with Crippen LogP contribution in [0, 0.1) is 0 Å². The van der Waals surface area contributed by atoms with Gasteiger partial charge in [0.25, 0.3) is 0 Å². The summed E-state index contributed by atoms with van der Waals surface area (Å²) in [5.74, 6) is 8.04. The molecule has 0 saturated heterocycles. The van der Waals surface area contributed by atoms with E-state index in [1.54, 1.807) is 33.1 Å². The molecule has 6 aromatic rings. The molecule has 0 radical (unpaired) electrons. The Bertz CT molecular complexity index is 4020. The predicted molar refractivity (Wildman–Crippen MR) is 414 cm³/mol. The van der Waals surface area contributed by atoms with Crippen LogP contribution in [0.15, 0.2) is 143 Å². The molecule has 36 heteroatoms. The highest BCUT2D eigenvalue weighted by molar-refractivity contribution is 5.50. The molecule has 0 atom stereocenters. The van der Waals surface area contributed by atoms with Gasteiger partial charge in [-0.05, 0) is 72.0 Å². The number of anilines is 18. The second kappa shape index (κ2) is 39.7. The number of hydrogen-bond acceptors (Lipinski definition) is 36. The first-order valence-electron chi connectivity index (χ1n) is 32.7. The standard InChI is InChI=1S/C13H20N6.3C11H16N6.2C10H14N6/c1-18(2)12-15-11(16-13(17-12)19(3)4)14-9-10-7-5-6-8-10;1-17(2)11-15-9(12)14-10(16-11)13-7-8-5-3-4-6-8;1-13-10-14-9(12)15-11(16-10)17(2)7-8-5-3-4-6-8;1-12-9-15-10(13-2)17-11(16-9)14-7-8-5-3-4-6-8;1-16(6-7-4-2-3-5-7)10-14-8(11)13-9(12)15-10;1-12-9-14-8(11)15-10(16-9)13-6-7-4-2-3-5-7/h5,7-8H,6,9H2,1-4H3,(H,14,15,16,17);2*3,5-6H,4,7H2,1-2H3,(H3,12,13,14,15,16);3,5-6H,4,7H2,1-2H3,(H3,12,13,14,15,16,17);2,4-5H,3,6H2,1H3,(H4,11,12,13,14,15);2,4-5H,3,6H2,1H3,(H4,11,12,13,14,15,16). The van der Waals surface area contributed by atoms with E-state index < -0.39 is 0 Å². The maximum Gasteiger partial charge on any atom is 0.231 e. The minimum absolute atomic E-state index is 0.144. The highest BCUT2D eigenvalue weighted by atomic mass is 15.4. The number of allylic oxidation sites excluding steroid dienone is 12. The molecule has 0 aliphatic heterocycles. The van der Waals surface area contributed by atoms with Crippen molar-refractivity contribution in [2.24, 2.45) is 0 Å². The third kappa shape index (κ3) is 26.3. The van der Waals surface area contributed by atoms with Crippen molar-refractivity contribution in [1.82, 2.24) is 89.7 Å². The molecule has 12 rings (SSSR count). The van der Waals surface area contributed by atoms with Gasteiger partial charge in [-0.15, -0.1) is 0 Å². The van der Waals surface area contributed by atoms with E-state index in [0.717, 1.165) is 64.7 Å². The van der Waals surface area contributed by atoms with Crippen LogP contribution in [0.25, 0.3) is 0 Å². The van der Waals surface area contributed by atoms with Crippen LogP contribution < -0.4 is 95.7 Å². The zero-order valence-corrected chi connectivity index (χ0v) is 60.1. The Labute approximate surface area is 595 Å². The van der Waals surface area contributed by atoms with E-state index in [4.69, 9.17) is 28.7 Å². The molecular weight excluding hydrogens is 1300 g/mol. The third-order valence-electron chi connectivity index (χ3n) is 14.3. The summed E-state index contributed by atoms with van der Waals surface area (Å²) >= 11 is 0. The summed E-state index contributed by atoms with van der Waals surface area (Å²) in [6.45, 7) is 4.37. The molecule has 18 N–H and O–H groups in total. The molecule has 0 aromatic carbocycles. The quantitative estimate of drug-likeness (QED) is 0.0344. The van der Waals surface area contributed by atoms with E-state index in [1.165, 1.54) is 33.4 Å². The fourth-order valence-electron chi connectivity index (χ4n) is 9.20. The molecule has 6 aromatic heterocycles. The van der Waals surface area contributed by atoms with Crippen LogP contribution in [-0.4, -0.2) is 214 Å². The van der Waals surface area contributed by atoms with Crippen molar-refractivity contribution in [2.45, 2.75) is 38.5 Å². The zero-order valence-electron chi connectivity index (χ0n) is 60.1. The van der Waals surface area contributed by atoms with E-state index in [2.05, 4.69) is 242 Å². The lowest BCUT2D eigenvalue weighted by Crippen LogP contribution is -2.23. The minimum atomic E-state index is 0.144. The summed E-state index contributed by atoms with van der Waals surface area (Å²) in [4.78, 5) is 83.6. The average Bonchev–Trinajstić information content (AvgIpc) is 1.11. The molecular formula is C66H96N36. The summed E-state index contributed by atoms with van der Waals surface area (Å²) in [5, 5.41) is 24.1. The lowest BCUT2D eigenvalue weighted by atomic mass is 10.3. The predicted octanol–water partition coefficient (Wildman–Crippen LogP) is 5.34. The highest BCUT2D eigenvalue weighted by Crippen LogP contribution is 2.20. The Hall–Kier alpha value is -12.7. The summed E-state index contributed by atoms with van der Waals surface area (Å²) in [6, 6.07) is 0. The van der Waals surface area contributed by atoms with Crippen LogP contribution in [0.3, 0.4) is 0 Å². The van der Waals surface area contributed by atoms with Crippen molar-refractivity contribution in [2.75, 3.05) is 220 Å². The van der Waals surface area contributed by atoms with Gasteiger partial charge in [0, 0.05) is 124 Å². The molecule has 0 unspecified atom stereocenters. The summed E-state index contributed by atoms with van der Waals surface area (Å²) in [7, 11) is 22.3. The van der Waals surface area contributed by atoms with Gasteiger partial charge in [-0.2, -0.15) is 89.7 Å². The minimum Gasteiger partial charge on any atom is -0.368 e. The van der Waals surface area contributed by atoms with Crippen LogP contribution in [0.2, 0.25) is 0 Å². The zero-order chi connectivity index (χ0) is 73.3. The monoisotopic (exact) mass is 1390 g/mol. The Morgan fingerprint density at radius 2 is 0.490 bits per heavy atom. The first-order valence-corrected chi connectivity index (χ1v) is 32.7. The molecule has 0 bridgehead atoms. The number of hydrogen-bond donors (Lipinski definition) is 13. The van der Waals surface area contributed by atoms with Crippen LogP contribution in [0.4, 0.5) is 107 Å². The summed E-state index contributed by atoms with van der Waals surface area (Å²) in [6.07, 6.45) is 44.3. The lowest BCUT2D eigenvalue weighted by molar-refractivity contribution is 0.909. The molecule has 36 nitrogen and oxygen atoms in total. The SMILES string of the molecule is CN(C)c1nc(N)nc(NCC2=CCC=C2)n1.CN(C)c1nc(NCC2=CCC=C2)nc(N(C)C)n1.CN(CC1=CCC=C1)c1nc(N)nc(N)n1.CNc1nc(N)nc(N(C)CC2=CCC=C2)n1.CNc1nc(N)nc(NCC2=CCC=C2)n1.CNc1nc(NC)nc(NCC2=CCC=C2)n1.